The van der Waals surface area contributed by atoms with Crippen molar-refractivity contribution in [1.29, 1.82) is 0 Å². The highest BCUT2D eigenvalue weighted by Gasteiger charge is 2.41. The number of carboxylic acids is 1. The Labute approximate surface area is 894 Å². The fourth-order valence-electron chi connectivity index (χ4n) is 17.4. The molecule has 0 bridgehead atoms. The minimum atomic E-state index is -1.88. The molecular formula is C105H182N20O23S2. The molecule has 1 aromatic rings. The van der Waals surface area contributed by atoms with Gasteiger partial charge in [0.25, 0.3) is 0 Å². The van der Waals surface area contributed by atoms with Crippen LogP contribution in [0.25, 0.3) is 0 Å². The maximum Gasteiger partial charge on any atom is 0.305 e. The van der Waals surface area contributed by atoms with Crippen molar-refractivity contribution >= 4 is 147 Å². The van der Waals surface area contributed by atoms with Crippen LogP contribution in [-0.2, 0) is 97.5 Å². The lowest BCUT2D eigenvalue weighted by atomic mass is 9.87. The monoisotopic (exact) mass is 2160 g/mol. The number of carboxylic acid groups (broad SMARTS) is 1. The highest BCUT2D eigenvalue weighted by Crippen LogP contribution is 2.28. The number of amides is 11. The molecule has 0 saturated carbocycles. The lowest BCUT2D eigenvalue weighted by Crippen LogP contribution is -2.51. The Morgan fingerprint density at radius 2 is 0.753 bits per heavy atom. The van der Waals surface area contributed by atoms with Crippen LogP contribution in [-0.4, -0.2) is 268 Å². The number of carbonyl (C=O) groups is 19. The second-order valence-corrected chi connectivity index (χ2v) is 42.3. The summed E-state index contributed by atoms with van der Waals surface area (Å²) in [4.78, 5) is 275. The number of unbranched alkanes of at least 4 members (excludes halogenated alkanes) is 15. The van der Waals surface area contributed by atoms with Crippen molar-refractivity contribution in [1.82, 2.24) is 47.9 Å². The number of nitrogens with two attached hydrogens (primary N) is 9. The van der Waals surface area contributed by atoms with E-state index in [-0.39, 0.29) is 177 Å². The fraction of sp³-hybridized carbons (Fsp3) is 0.743. The molecule has 0 aliphatic carbocycles. The van der Waals surface area contributed by atoms with Crippen molar-refractivity contribution < 1.29 is 112 Å². The third-order valence-electron chi connectivity index (χ3n) is 26.2. The van der Waals surface area contributed by atoms with Crippen LogP contribution in [0, 0.1) is 53.3 Å². The lowest BCUT2D eigenvalue weighted by molar-refractivity contribution is -0.142. The molecule has 31 N–H and O–H groups in total. The van der Waals surface area contributed by atoms with Gasteiger partial charge in [0.05, 0.1) is 73.8 Å². The summed E-state index contributed by atoms with van der Waals surface area (Å²) in [7, 11) is 0. The molecule has 0 aromatic heterocycles. The average molecular weight is 2160 g/mol. The van der Waals surface area contributed by atoms with Gasteiger partial charge < -0.3 is 120 Å². The molecule has 1 aromatic carbocycles. The summed E-state index contributed by atoms with van der Waals surface area (Å²) in [5.41, 5.74) is 51.7. The number of aromatic hydroxyl groups is 1. The zero-order valence-corrected chi connectivity index (χ0v) is 91.8. The van der Waals surface area contributed by atoms with Gasteiger partial charge in [0.15, 0.2) is 52.4 Å². The van der Waals surface area contributed by atoms with Gasteiger partial charge >= 0.3 is 5.97 Å². The van der Waals surface area contributed by atoms with E-state index < -0.39 is 272 Å². The molecule has 0 unspecified atom stereocenters. The molecule has 16 atom stereocenters. The number of thioether (sulfide) groups is 2. The number of guanidine groups is 2. The number of hydrogen-bond donors (Lipinski definition) is 22. The van der Waals surface area contributed by atoms with Crippen molar-refractivity contribution in [2.24, 2.45) is 115 Å². The summed E-state index contributed by atoms with van der Waals surface area (Å²) >= 11 is 2.72. The van der Waals surface area contributed by atoms with E-state index in [0.29, 0.717) is 43.4 Å². The van der Waals surface area contributed by atoms with E-state index in [1.54, 1.807) is 20.1 Å². The Bertz CT molecular complexity index is 4370. The number of aliphatic carboxylic acids is 1. The van der Waals surface area contributed by atoms with E-state index in [4.69, 9.17) is 51.6 Å². The van der Waals surface area contributed by atoms with Crippen molar-refractivity contribution in [3.63, 3.8) is 0 Å². The minimum Gasteiger partial charge on any atom is -0.508 e. The quantitative estimate of drug-likeness (QED) is 0.0247. The third-order valence-corrected chi connectivity index (χ3v) is 27.5. The van der Waals surface area contributed by atoms with E-state index >= 15 is 4.79 Å². The number of phenolic OH excluding ortho intramolecular Hbond substituents is 1. The summed E-state index contributed by atoms with van der Waals surface area (Å²) in [5, 5.41) is 66.3. The first kappa shape index (κ1) is 137. The first-order valence-electron chi connectivity index (χ1n) is 53.6. The Kier molecular flexibility index (Phi) is 73.5. The predicted molar refractivity (Wildman–Crippen MR) is 580 cm³/mol. The largest absolute Gasteiger partial charge is 0.508 e. The number of ketones is 7. The fourth-order valence-corrected chi connectivity index (χ4v) is 18.4. The average Bonchev–Trinajstić information content (AvgIpc) is 0.868. The molecule has 0 aliphatic rings. The molecular weight excluding hydrogens is 1970 g/mol. The van der Waals surface area contributed by atoms with Gasteiger partial charge in [0.2, 0.25) is 65.0 Å². The normalized spacial score (nSPS) is 14.6. The lowest BCUT2D eigenvalue weighted by Gasteiger charge is -2.27. The van der Waals surface area contributed by atoms with Gasteiger partial charge in [-0.25, -0.2) is 0 Å². The molecule has 852 valence electrons. The molecule has 43 nitrogen and oxygen atoms in total. The standard InChI is InChI=1S/C105H182N20O23S2/c1-10-11-12-13-14-15-16-17-18-19-20-21-22-36-93(137)119-83(44-51-150-9)103(148)117-63-77(129)55-74(54-69-37-39-76(128)40-38-69)100(145)122-81(41-42-92(109)136)87(131)57-71(32-24-27-46-107)97(142)120-79(34-25-28-47-108)88(132)59-73(52-65(2)3)99(144)121-80(35-30-49-116-105(113)114)89(133)60-75(64-126)101(146)123-82(43-50-149-8)91(135)61-78(68(7)127)102(147)124-84(62-94(138)139)90(134)58-70(31-23-26-45-106)96(141)118-67(6)86(130)56-72(33-29-48-115-104(111)112)98(143)125-85(95(110)140)53-66(4)5/h37-40,65-68,70-75,78-85,126-128H,10-36,41-64,106-108H2,1-9H3,(H2,109,136)(H2,110,140)(H,117,148)(H,118,141)(H,119,137)(H,120,142)(H,121,144)(H,122,145)(H,123,146)(H,124,147)(H,125,143)(H,138,139)(H4,111,112,115)(H4,113,114,116)/t67-,68+,70+,71-,72+,73+,74+,75-,78-,79-,80-,81-,82-,83-,84-,85-/m0/s1. The number of carbonyl (C=O) groups excluding carboxylic acids is 18. The van der Waals surface area contributed by atoms with Crippen LogP contribution in [0.3, 0.4) is 0 Å². The SMILES string of the molecule is CCCCCCCCCCCCCCCC(=O)N[C@@H](CCSC)C(=O)NCC(=O)C[C@@H](Cc1ccc(O)cc1)C(=O)N[C@@H](CCC(N)=O)C(=O)C[C@H](CCCCN)C(=O)N[C@@H](CCCCN)C(=O)C[C@@H](CC(C)C)C(=O)N[C@@H](CCCN=C(N)N)C(=O)C[C@@H](CO)C(=O)N[C@@H](CCSC)C(=O)C[C@H](C(=O)N[C@@H](CC(=O)O)C(=O)C[C@@H](CCCCN)C(=O)N[C@@H](C)C(=O)C[C@@H](CCCN=C(N)N)C(=O)N[C@@H](CC(C)C)C(N)=O)[C@@H](C)O. The van der Waals surface area contributed by atoms with Gasteiger partial charge in [-0.15, -0.1) is 0 Å². The molecule has 1 rings (SSSR count). The second kappa shape index (κ2) is 80.3. The second-order valence-electron chi connectivity index (χ2n) is 40.4. The molecule has 0 saturated heterocycles. The van der Waals surface area contributed by atoms with Crippen LogP contribution in [0.4, 0.5) is 0 Å². The van der Waals surface area contributed by atoms with Crippen LogP contribution in [0.2, 0.25) is 0 Å². The predicted octanol–water partition coefficient (Wildman–Crippen LogP) is 4.15. The number of hydrogen-bond acceptors (Lipinski definition) is 29. The van der Waals surface area contributed by atoms with Gasteiger partial charge in [-0.2, -0.15) is 23.5 Å². The number of rotatable bonds is 92. The van der Waals surface area contributed by atoms with Crippen LogP contribution >= 0.6 is 23.5 Å². The summed E-state index contributed by atoms with van der Waals surface area (Å²) in [6, 6.07) is -5.11. The zero-order chi connectivity index (χ0) is 113. The molecule has 0 spiro atoms. The summed E-state index contributed by atoms with van der Waals surface area (Å²) < 4.78 is 0. The maximum absolute atomic E-state index is 15.1. The van der Waals surface area contributed by atoms with Crippen LogP contribution < -0.4 is 99.5 Å². The highest BCUT2D eigenvalue weighted by atomic mass is 32.2. The van der Waals surface area contributed by atoms with Gasteiger partial charge in [-0.3, -0.25) is 101 Å². The molecule has 45 heteroatoms. The third kappa shape index (κ3) is 61.8. The number of aliphatic hydroxyl groups excluding tert-OH is 2. The van der Waals surface area contributed by atoms with Crippen molar-refractivity contribution in [2.75, 3.05) is 69.9 Å². The molecule has 11 amide bonds. The molecule has 0 heterocycles. The summed E-state index contributed by atoms with van der Waals surface area (Å²) in [5.74, 6) is -25.0. The maximum atomic E-state index is 15.1. The Balaban J connectivity index is 3.70. The van der Waals surface area contributed by atoms with Gasteiger partial charge in [-0.05, 0) is 203 Å². The van der Waals surface area contributed by atoms with E-state index in [1.165, 1.54) is 106 Å². The smallest absolute Gasteiger partial charge is 0.305 e. The Morgan fingerprint density at radius 3 is 1.21 bits per heavy atom. The molecule has 0 aliphatic heterocycles. The molecule has 0 radical (unpaired) electrons. The molecule has 150 heavy (non-hydrogen) atoms. The number of aliphatic imine (C=N–C) groups is 2. The first-order chi connectivity index (χ1) is 71.2. The van der Waals surface area contributed by atoms with Crippen LogP contribution in [0.5, 0.6) is 5.75 Å². The summed E-state index contributed by atoms with van der Waals surface area (Å²) in [6.07, 6.45) is 13.0. The van der Waals surface area contributed by atoms with Crippen LogP contribution in [0.15, 0.2) is 34.3 Å². The van der Waals surface area contributed by atoms with E-state index in [9.17, 15) is 107 Å². The number of aliphatic hydroxyl groups is 2. The highest BCUT2D eigenvalue weighted by molar-refractivity contribution is 7.98. The van der Waals surface area contributed by atoms with Crippen molar-refractivity contribution in [2.45, 2.75) is 373 Å². The number of nitrogens with one attached hydrogen (secondary N) is 9. The number of primary amides is 2. The number of benzene rings is 1. The van der Waals surface area contributed by atoms with Gasteiger partial charge in [0, 0.05) is 100 Å². The Hall–Kier alpha value is -10.6. The van der Waals surface area contributed by atoms with Crippen LogP contribution in [0.1, 0.15) is 317 Å². The van der Waals surface area contributed by atoms with E-state index in [1.807, 2.05) is 20.1 Å². The van der Waals surface area contributed by atoms with Crippen molar-refractivity contribution in [3.05, 3.63) is 29.8 Å². The summed E-state index contributed by atoms with van der Waals surface area (Å²) in [6.45, 7) is 10.9. The number of nitrogens with zero attached hydrogens (tertiary/aromatic N) is 2. The van der Waals surface area contributed by atoms with E-state index in [2.05, 4.69) is 64.8 Å². The van der Waals surface area contributed by atoms with Gasteiger partial charge in [0.1, 0.15) is 17.8 Å². The van der Waals surface area contributed by atoms with Gasteiger partial charge in [-0.1, -0.05) is 137 Å². The topological polar surface area (TPSA) is 772 Å². The van der Waals surface area contributed by atoms with Crippen molar-refractivity contribution in [3.8, 4) is 5.75 Å². The van der Waals surface area contributed by atoms with E-state index in [0.717, 1.165) is 32.6 Å². The zero-order valence-electron chi connectivity index (χ0n) is 90.2. The molecule has 0 fully saturated rings. The number of phenols is 1. The number of Topliss-reactive ketones (excluding diaryl/α,β-unsaturated/α-hetero) is 7. The first-order valence-corrected chi connectivity index (χ1v) is 56.4. The Morgan fingerprint density at radius 1 is 0.367 bits per heavy atom. The minimum absolute atomic E-state index is 0.00745.